The van der Waals surface area contributed by atoms with Crippen LogP contribution in [0.1, 0.15) is 18.5 Å². The number of hydrogen-bond acceptors (Lipinski definition) is 5. The highest BCUT2D eigenvalue weighted by atomic mass is 32.2. The molecule has 0 saturated carbocycles. The quantitative estimate of drug-likeness (QED) is 0.780. The average molecular weight is 264 g/mol. The summed E-state index contributed by atoms with van der Waals surface area (Å²) in [6, 6.07) is 7.85. The molecule has 0 radical (unpaired) electrons. The van der Waals surface area contributed by atoms with Gasteiger partial charge in [-0.15, -0.1) is 0 Å². The Morgan fingerprint density at radius 2 is 2.17 bits per heavy atom. The molecule has 5 nitrogen and oxygen atoms in total. The van der Waals surface area contributed by atoms with Gasteiger partial charge in [0, 0.05) is 11.8 Å². The van der Waals surface area contributed by atoms with Gasteiger partial charge < -0.3 is 10.5 Å². The zero-order chi connectivity index (χ0) is 12.8. The van der Waals surface area contributed by atoms with Crippen molar-refractivity contribution in [3.05, 3.63) is 36.2 Å². The molecule has 2 rings (SSSR count). The highest BCUT2D eigenvalue weighted by molar-refractivity contribution is 7.99. The fourth-order valence-electron chi connectivity index (χ4n) is 1.51. The normalized spacial score (nSPS) is 12.3. The molecule has 0 bridgehead atoms. The molecule has 1 atom stereocenters. The molecule has 1 heterocycles. The van der Waals surface area contributed by atoms with Crippen molar-refractivity contribution in [1.82, 2.24) is 15.2 Å². The van der Waals surface area contributed by atoms with Crippen molar-refractivity contribution in [2.24, 2.45) is 5.73 Å². The van der Waals surface area contributed by atoms with Gasteiger partial charge in [-0.1, -0.05) is 23.9 Å². The summed E-state index contributed by atoms with van der Waals surface area (Å²) < 4.78 is 5.39. The Morgan fingerprint density at radius 1 is 1.39 bits per heavy atom. The zero-order valence-electron chi connectivity index (χ0n) is 10.2. The van der Waals surface area contributed by atoms with E-state index in [4.69, 9.17) is 10.5 Å². The smallest absolute Gasteiger partial charge is 0.183 e. The van der Waals surface area contributed by atoms with Crippen LogP contribution in [0.15, 0.2) is 35.7 Å². The van der Waals surface area contributed by atoms with Crippen molar-refractivity contribution in [3.63, 3.8) is 0 Å². The average Bonchev–Trinajstić information content (AvgIpc) is 2.90. The highest BCUT2D eigenvalue weighted by Crippen LogP contribution is 2.22. The van der Waals surface area contributed by atoms with E-state index in [1.54, 1.807) is 11.8 Å². The lowest BCUT2D eigenvalue weighted by molar-refractivity contribution is 0.340. The van der Waals surface area contributed by atoms with Gasteiger partial charge in [0.15, 0.2) is 5.16 Å². The van der Waals surface area contributed by atoms with E-state index in [2.05, 4.69) is 15.2 Å². The lowest BCUT2D eigenvalue weighted by Gasteiger charge is -2.11. The number of aromatic amines is 1. The minimum absolute atomic E-state index is 0.0317. The second-order valence-electron chi connectivity index (χ2n) is 3.71. The van der Waals surface area contributed by atoms with Gasteiger partial charge in [0.1, 0.15) is 12.1 Å². The number of rotatable bonds is 6. The van der Waals surface area contributed by atoms with Crippen LogP contribution in [-0.4, -0.2) is 27.5 Å². The van der Waals surface area contributed by atoms with Crippen molar-refractivity contribution in [3.8, 4) is 5.75 Å². The SMILES string of the molecule is CCOc1ccc(C(N)CSc2ncn[nH]2)cc1. The molecule has 0 spiro atoms. The third-order valence-electron chi connectivity index (χ3n) is 2.41. The fraction of sp³-hybridized carbons (Fsp3) is 0.333. The van der Waals surface area contributed by atoms with Crippen LogP contribution in [-0.2, 0) is 0 Å². The van der Waals surface area contributed by atoms with Crippen LogP contribution in [0.5, 0.6) is 5.75 Å². The topological polar surface area (TPSA) is 76.8 Å². The Balaban J connectivity index is 1.89. The lowest BCUT2D eigenvalue weighted by atomic mass is 10.1. The van der Waals surface area contributed by atoms with E-state index in [-0.39, 0.29) is 6.04 Å². The molecule has 18 heavy (non-hydrogen) atoms. The lowest BCUT2D eigenvalue weighted by Crippen LogP contribution is -2.13. The van der Waals surface area contributed by atoms with Crippen molar-refractivity contribution < 1.29 is 4.74 Å². The van der Waals surface area contributed by atoms with Gasteiger partial charge in [0.25, 0.3) is 0 Å². The summed E-state index contributed by atoms with van der Waals surface area (Å²) in [5.74, 6) is 1.62. The van der Waals surface area contributed by atoms with Crippen molar-refractivity contribution in [2.75, 3.05) is 12.4 Å². The van der Waals surface area contributed by atoms with Gasteiger partial charge in [-0.25, -0.2) is 4.98 Å². The Bertz CT molecular complexity index is 457. The Kier molecular flexibility index (Phi) is 4.60. The number of aromatic nitrogens is 3. The number of nitrogens with one attached hydrogen (secondary N) is 1. The van der Waals surface area contributed by atoms with E-state index in [0.29, 0.717) is 6.61 Å². The molecule has 0 aliphatic rings. The molecule has 1 unspecified atom stereocenters. The van der Waals surface area contributed by atoms with Crippen LogP contribution < -0.4 is 10.5 Å². The van der Waals surface area contributed by atoms with Crippen molar-refractivity contribution in [1.29, 1.82) is 0 Å². The van der Waals surface area contributed by atoms with E-state index in [1.165, 1.54) is 6.33 Å². The van der Waals surface area contributed by atoms with Crippen molar-refractivity contribution >= 4 is 11.8 Å². The molecule has 3 N–H and O–H groups in total. The van der Waals surface area contributed by atoms with Crippen LogP contribution in [0, 0.1) is 0 Å². The van der Waals surface area contributed by atoms with Gasteiger partial charge >= 0.3 is 0 Å². The van der Waals surface area contributed by atoms with Gasteiger partial charge in [0.2, 0.25) is 0 Å². The first-order valence-corrected chi connectivity index (χ1v) is 6.74. The molecule has 2 aromatic rings. The summed E-state index contributed by atoms with van der Waals surface area (Å²) in [4.78, 5) is 4.04. The largest absolute Gasteiger partial charge is 0.494 e. The monoisotopic (exact) mass is 264 g/mol. The summed E-state index contributed by atoms with van der Waals surface area (Å²) >= 11 is 1.56. The third kappa shape index (κ3) is 3.48. The first kappa shape index (κ1) is 12.9. The fourth-order valence-corrected chi connectivity index (χ4v) is 2.28. The molecule has 96 valence electrons. The third-order valence-corrected chi connectivity index (χ3v) is 3.41. The number of H-pyrrole nitrogens is 1. The minimum Gasteiger partial charge on any atom is -0.494 e. The van der Waals surface area contributed by atoms with E-state index >= 15 is 0 Å². The molecule has 0 fully saturated rings. The van der Waals surface area contributed by atoms with Gasteiger partial charge in [-0.05, 0) is 24.6 Å². The Morgan fingerprint density at radius 3 is 2.78 bits per heavy atom. The standard InChI is InChI=1S/C12H16N4OS/c1-2-17-10-5-3-9(4-6-10)11(13)7-18-12-14-8-15-16-12/h3-6,8,11H,2,7,13H2,1H3,(H,14,15,16). The van der Waals surface area contributed by atoms with E-state index in [9.17, 15) is 0 Å². The summed E-state index contributed by atoms with van der Waals surface area (Å²) in [6.45, 7) is 2.64. The minimum atomic E-state index is -0.0317. The molecular formula is C12H16N4OS. The van der Waals surface area contributed by atoms with E-state index in [0.717, 1.165) is 22.2 Å². The maximum atomic E-state index is 6.11. The zero-order valence-corrected chi connectivity index (χ0v) is 11.0. The van der Waals surface area contributed by atoms with Gasteiger partial charge in [-0.2, -0.15) is 5.10 Å². The van der Waals surface area contributed by atoms with Gasteiger partial charge in [0.05, 0.1) is 6.61 Å². The molecule has 0 aliphatic carbocycles. The second-order valence-corrected chi connectivity index (χ2v) is 4.72. The van der Waals surface area contributed by atoms with Crippen LogP contribution in [0.3, 0.4) is 0 Å². The molecule has 0 saturated heterocycles. The first-order chi connectivity index (χ1) is 8.79. The number of thioether (sulfide) groups is 1. The van der Waals surface area contributed by atoms with Crippen LogP contribution in [0.4, 0.5) is 0 Å². The Hall–Kier alpha value is -1.53. The van der Waals surface area contributed by atoms with Crippen LogP contribution in [0.2, 0.25) is 0 Å². The summed E-state index contributed by atoms with van der Waals surface area (Å²) in [6.07, 6.45) is 1.49. The number of nitrogens with two attached hydrogens (primary N) is 1. The number of nitrogens with zero attached hydrogens (tertiary/aromatic N) is 2. The molecular weight excluding hydrogens is 248 g/mol. The molecule has 6 heteroatoms. The highest BCUT2D eigenvalue weighted by Gasteiger charge is 2.08. The predicted octanol–water partition coefficient (Wildman–Crippen LogP) is 2.00. The summed E-state index contributed by atoms with van der Waals surface area (Å²) in [5.41, 5.74) is 7.20. The molecule has 1 aromatic carbocycles. The van der Waals surface area contributed by atoms with Crippen LogP contribution in [0.25, 0.3) is 0 Å². The molecule has 0 amide bonds. The molecule has 0 aliphatic heterocycles. The molecule has 1 aromatic heterocycles. The predicted molar refractivity (Wildman–Crippen MR) is 71.6 cm³/mol. The van der Waals surface area contributed by atoms with Crippen LogP contribution >= 0.6 is 11.8 Å². The van der Waals surface area contributed by atoms with Gasteiger partial charge in [-0.3, -0.25) is 5.10 Å². The van der Waals surface area contributed by atoms with E-state index in [1.807, 2.05) is 31.2 Å². The maximum Gasteiger partial charge on any atom is 0.183 e. The number of ether oxygens (including phenoxy) is 1. The number of hydrogen-bond donors (Lipinski definition) is 2. The van der Waals surface area contributed by atoms with E-state index < -0.39 is 0 Å². The maximum absolute atomic E-state index is 6.11. The summed E-state index contributed by atoms with van der Waals surface area (Å²) in [7, 11) is 0. The van der Waals surface area contributed by atoms with Crippen molar-refractivity contribution in [2.45, 2.75) is 18.1 Å². The Labute approximate surface area is 110 Å². The second kappa shape index (κ2) is 6.42. The number of benzene rings is 1. The first-order valence-electron chi connectivity index (χ1n) is 5.76. The summed E-state index contributed by atoms with van der Waals surface area (Å²) in [5, 5.41) is 7.38.